The average Bonchev–Trinajstić information content (AvgIpc) is 3.21. The van der Waals surface area contributed by atoms with E-state index in [9.17, 15) is 9.18 Å². The number of amides is 1. The first-order valence-electron chi connectivity index (χ1n) is 11.6. The Hall–Kier alpha value is -1.44. The normalized spacial score (nSPS) is 33.6. The molecule has 1 aromatic carbocycles. The number of anilines is 1. The van der Waals surface area contributed by atoms with Crippen LogP contribution in [0.4, 0.5) is 10.1 Å². The van der Waals surface area contributed by atoms with Crippen molar-refractivity contribution < 1.29 is 18.5 Å². The summed E-state index contributed by atoms with van der Waals surface area (Å²) in [6, 6.07) is 6.75. The highest BCUT2D eigenvalue weighted by molar-refractivity contribution is 6.62. The zero-order chi connectivity index (χ0) is 22.3. The molecule has 4 aliphatic rings. The van der Waals surface area contributed by atoms with Crippen LogP contribution >= 0.6 is 0 Å². The van der Waals surface area contributed by atoms with E-state index < -0.39 is 29.9 Å². The van der Waals surface area contributed by atoms with Crippen molar-refractivity contribution in [3.05, 3.63) is 23.8 Å². The van der Waals surface area contributed by atoms with Crippen LogP contribution in [0.2, 0.25) is 0 Å². The van der Waals surface area contributed by atoms with Crippen LogP contribution in [-0.4, -0.2) is 60.5 Å². The highest BCUT2D eigenvalue weighted by Crippen LogP contribution is 2.46. The van der Waals surface area contributed by atoms with Crippen LogP contribution in [0.5, 0.6) is 0 Å². The number of hydrogen-bond acceptors (Lipinski definition) is 4. The molecule has 0 bridgehead atoms. The van der Waals surface area contributed by atoms with Crippen molar-refractivity contribution in [1.82, 2.24) is 4.90 Å². The quantitative estimate of drug-likeness (QED) is 0.694. The molecular formula is C24H34BFN2O3. The van der Waals surface area contributed by atoms with Gasteiger partial charge < -0.3 is 14.2 Å². The minimum absolute atomic E-state index is 0.154. The summed E-state index contributed by atoms with van der Waals surface area (Å²) in [5, 5.41) is 0. The van der Waals surface area contributed by atoms with Gasteiger partial charge in [0.25, 0.3) is 0 Å². The number of rotatable bonds is 3. The van der Waals surface area contributed by atoms with Crippen molar-refractivity contribution >= 4 is 24.2 Å². The summed E-state index contributed by atoms with van der Waals surface area (Å²) in [4.78, 5) is 17.7. The van der Waals surface area contributed by atoms with Crippen LogP contribution in [0.25, 0.3) is 0 Å². The fourth-order valence-corrected chi connectivity index (χ4v) is 5.43. The Morgan fingerprint density at radius 3 is 2.26 bits per heavy atom. The third kappa shape index (κ3) is 3.18. The number of benzene rings is 1. The molecule has 5 rings (SSSR count). The first kappa shape index (κ1) is 21.4. The predicted octanol–water partition coefficient (Wildman–Crippen LogP) is 3.18. The second-order valence-electron chi connectivity index (χ2n) is 11.3. The van der Waals surface area contributed by atoms with E-state index in [2.05, 4.69) is 17.0 Å². The van der Waals surface area contributed by atoms with E-state index in [4.69, 9.17) is 9.31 Å². The van der Waals surface area contributed by atoms with Gasteiger partial charge in [0.2, 0.25) is 5.91 Å². The van der Waals surface area contributed by atoms with E-state index >= 15 is 0 Å². The number of carbonyl (C=O) groups excluding carboxylic acids is 1. The van der Waals surface area contributed by atoms with E-state index in [-0.39, 0.29) is 11.9 Å². The molecule has 7 heteroatoms. The molecule has 0 N–H and O–H groups in total. The van der Waals surface area contributed by atoms with E-state index in [1.807, 2.05) is 52.5 Å². The monoisotopic (exact) mass is 428 g/mol. The molecule has 3 fully saturated rings. The molecule has 0 aromatic heterocycles. The first-order chi connectivity index (χ1) is 14.4. The Bertz CT molecular complexity index is 896. The fraction of sp³-hybridized carbons (Fsp3) is 0.708. The largest absolute Gasteiger partial charge is 0.494 e. The Morgan fingerprint density at radius 2 is 1.68 bits per heavy atom. The zero-order valence-electron chi connectivity index (χ0n) is 19.6. The summed E-state index contributed by atoms with van der Waals surface area (Å²) in [5.41, 5.74) is 1.63. The van der Waals surface area contributed by atoms with Gasteiger partial charge in [-0.05, 0) is 77.9 Å². The van der Waals surface area contributed by atoms with Gasteiger partial charge in [0.15, 0.2) is 0 Å². The molecule has 5 nitrogen and oxygen atoms in total. The summed E-state index contributed by atoms with van der Waals surface area (Å²) in [7, 11) is -0.448. The van der Waals surface area contributed by atoms with Crippen molar-refractivity contribution in [2.75, 3.05) is 18.0 Å². The molecule has 0 unspecified atom stereocenters. The van der Waals surface area contributed by atoms with Crippen molar-refractivity contribution in [1.29, 1.82) is 0 Å². The third-order valence-corrected chi connectivity index (χ3v) is 8.37. The molecule has 1 aliphatic carbocycles. The summed E-state index contributed by atoms with van der Waals surface area (Å²) < 4.78 is 26.1. The Kier molecular flexibility index (Phi) is 4.69. The van der Waals surface area contributed by atoms with Crippen molar-refractivity contribution in [2.24, 2.45) is 0 Å². The average molecular weight is 428 g/mol. The SMILES string of the molecule is CC1(C)C(=O)N([C@H]2C[C@@H](N3CC[C@H](F)C3)C2)c2cc(B3OC(C)(C)C(C)(C)O3)ccc21. The van der Waals surface area contributed by atoms with Gasteiger partial charge >= 0.3 is 7.12 Å². The lowest BCUT2D eigenvalue weighted by Crippen LogP contribution is -2.56. The van der Waals surface area contributed by atoms with E-state index in [1.54, 1.807) is 0 Å². The number of hydrogen-bond donors (Lipinski definition) is 0. The van der Waals surface area contributed by atoms with Gasteiger partial charge in [-0.2, -0.15) is 0 Å². The molecular weight excluding hydrogens is 394 g/mol. The summed E-state index contributed by atoms with van der Waals surface area (Å²) in [6.45, 7) is 13.6. The molecule has 1 aromatic rings. The fourth-order valence-electron chi connectivity index (χ4n) is 5.43. The number of alkyl halides is 1. The highest BCUT2D eigenvalue weighted by Gasteiger charge is 2.54. The summed E-state index contributed by atoms with van der Waals surface area (Å²) in [5.74, 6) is 0.154. The molecule has 2 saturated heterocycles. The van der Waals surface area contributed by atoms with Crippen LogP contribution in [0.15, 0.2) is 18.2 Å². The maximum atomic E-state index is 13.6. The molecule has 0 radical (unpaired) electrons. The van der Waals surface area contributed by atoms with Crippen molar-refractivity contribution in [2.45, 2.75) is 95.7 Å². The zero-order valence-corrected chi connectivity index (χ0v) is 19.6. The lowest BCUT2D eigenvalue weighted by atomic mass is 9.76. The van der Waals surface area contributed by atoms with Gasteiger partial charge in [0.1, 0.15) is 6.17 Å². The summed E-state index contributed by atoms with van der Waals surface area (Å²) >= 11 is 0. The molecule has 3 aliphatic heterocycles. The number of halogens is 1. The van der Waals surface area contributed by atoms with Crippen LogP contribution in [-0.2, 0) is 19.5 Å². The smallest absolute Gasteiger partial charge is 0.399 e. The van der Waals surface area contributed by atoms with Crippen molar-refractivity contribution in [3.63, 3.8) is 0 Å². The second-order valence-corrected chi connectivity index (χ2v) is 11.3. The van der Waals surface area contributed by atoms with E-state index in [0.717, 1.165) is 36.1 Å². The third-order valence-electron chi connectivity index (χ3n) is 8.37. The topological polar surface area (TPSA) is 42.0 Å². The molecule has 3 heterocycles. The molecule has 1 atom stereocenters. The lowest BCUT2D eigenvalue weighted by Gasteiger charge is -2.45. The van der Waals surface area contributed by atoms with E-state index in [0.29, 0.717) is 19.0 Å². The van der Waals surface area contributed by atoms with Crippen LogP contribution < -0.4 is 10.4 Å². The van der Waals surface area contributed by atoms with Gasteiger partial charge in [-0.15, -0.1) is 0 Å². The van der Waals surface area contributed by atoms with Crippen LogP contribution in [0.1, 0.15) is 66.4 Å². The van der Waals surface area contributed by atoms with Gasteiger partial charge in [0.05, 0.1) is 16.6 Å². The van der Waals surface area contributed by atoms with Gasteiger partial charge in [-0.3, -0.25) is 9.69 Å². The molecule has 1 saturated carbocycles. The van der Waals surface area contributed by atoms with Crippen LogP contribution in [0.3, 0.4) is 0 Å². The molecule has 31 heavy (non-hydrogen) atoms. The molecule has 168 valence electrons. The second kappa shape index (κ2) is 6.78. The number of fused-ring (bicyclic) bond motifs is 1. The molecule has 1 amide bonds. The van der Waals surface area contributed by atoms with E-state index in [1.165, 1.54) is 0 Å². The van der Waals surface area contributed by atoms with Crippen LogP contribution in [0, 0.1) is 0 Å². The first-order valence-corrected chi connectivity index (χ1v) is 11.6. The standard InChI is InChI=1S/C24H34BFN2O3/c1-22(2)19-8-7-15(25-30-23(3,4)24(5,6)31-25)11-20(19)28(21(22)29)18-12-17(13-18)27-10-9-16(26)14-27/h7-8,11,16-18H,9-10,12-14H2,1-6H3/t16-,17-,18+/m0/s1. The molecule has 0 spiro atoms. The Labute approximate surface area is 185 Å². The maximum Gasteiger partial charge on any atom is 0.494 e. The van der Waals surface area contributed by atoms with Crippen molar-refractivity contribution in [3.8, 4) is 0 Å². The lowest BCUT2D eigenvalue weighted by molar-refractivity contribution is -0.123. The van der Waals surface area contributed by atoms with Gasteiger partial charge in [-0.25, -0.2) is 4.39 Å². The highest BCUT2D eigenvalue weighted by atomic mass is 19.1. The predicted molar refractivity (Wildman–Crippen MR) is 121 cm³/mol. The number of nitrogens with zero attached hydrogens (tertiary/aromatic N) is 2. The summed E-state index contributed by atoms with van der Waals surface area (Å²) in [6.07, 6.45) is 1.76. The Balaban J connectivity index is 1.40. The minimum atomic E-state index is -0.699. The van der Waals surface area contributed by atoms with Gasteiger partial charge in [-0.1, -0.05) is 12.1 Å². The Morgan fingerprint density at radius 1 is 1.03 bits per heavy atom. The van der Waals surface area contributed by atoms with Gasteiger partial charge in [0, 0.05) is 30.9 Å². The minimum Gasteiger partial charge on any atom is -0.399 e. The number of carbonyl (C=O) groups is 1. The maximum absolute atomic E-state index is 13.6. The number of likely N-dealkylation sites (tertiary alicyclic amines) is 1.